The molecule has 1 saturated heterocycles. The van der Waals surface area contributed by atoms with E-state index in [4.69, 9.17) is 4.98 Å². The van der Waals surface area contributed by atoms with Gasteiger partial charge in [0.1, 0.15) is 0 Å². The molecule has 1 aliphatic heterocycles. The summed E-state index contributed by atoms with van der Waals surface area (Å²) in [6.07, 6.45) is 2.12. The highest BCUT2D eigenvalue weighted by atomic mass is 32.1. The number of para-hydroxylation sites is 2. The normalized spacial score (nSPS) is 17.3. The van der Waals surface area contributed by atoms with Crippen LogP contribution >= 0.6 is 11.3 Å². The SMILES string of the molecule is CC(C(=O)Nc1ccccc1)N1CCC(c2nc3ccccc3s2)CC1. The number of hydrogen-bond acceptors (Lipinski definition) is 4. The zero-order valence-corrected chi connectivity index (χ0v) is 15.7. The third-order valence-corrected chi connectivity index (χ3v) is 6.36. The standard InChI is InChI=1S/C21H23N3OS/c1-15(20(25)22-17-7-3-2-4-8-17)24-13-11-16(12-14-24)21-23-18-9-5-6-10-19(18)26-21/h2-10,15-16H,11-14H2,1H3,(H,22,25). The molecular weight excluding hydrogens is 342 g/mol. The molecule has 2 aromatic carbocycles. The molecule has 0 aliphatic carbocycles. The van der Waals surface area contributed by atoms with E-state index in [0.717, 1.165) is 37.1 Å². The molecule has 0 saturated carbocycles. The Morgan fingerprint density at radius 3 is 2.54 bits per heavy atom. The lowest BCUT2D eigenvalue weighted by atomic mass is 9.96. The minimum atomic E-state index is -0.119. The van der Waals surface area contributed by atoms with E-state index in [9.17, 15) is 4.79 Å². The summed E-state index contributed by atoms with van der Waals surface area (Å²) in [5.41, 5.74) is 1.96. The molecule has 3 aromatic rings. The highest BCUT2D eigenvalue weighted by Crippen LogP contribution is 2.34. The van der Waals surface area contributed by atoms with Crippen LogP contribution in [-0.4, -0.2) is 34.9 Å². The maximum Gasteiger partial charge on any atom is 0.241 e. The van der Waals surface area contributed by atoms with E-state index in [-0.39, 0.29) is 11.9 Å². The largest absolute Gasteiger partial charge is 0.325 e. The number of fused-ring (bicyclic) bond motifs is 1. The Morgan fingerprint density at radius 2 is 1.81 bits per heavy atom. The van der Waals surface area contributed by atoms with Gasteiger partial charge in [0.2, 0.25) is 5.91 Å². The van der Waals surface area contributed by atoms with Crippen molar-refractivity contribution in [2.24, 2.45) is 0 Å². The summed E-state index contributed by atoms with van der Waals surface area (Å²) in [6, 6.07) is 17.9. The molecule has 26 heavy (non-hydrogen) atoms. The van der Waals surface area contributed by atoms with Gasteiger partial charge in [-0.2, -0.15) is 0 Å². The topological polar surface area (TPSA) is 45.2 Å². The number of likely N-dealkylation sites (tertiary alicyclic amines) is 1. The number of rotatable bonds is 4. The minimum Gasteiger partial charge on any atom is -0.325 e. The van der Waals surface area contributed by atoms with Gasteiger partial charge in [-0.05, 0) is 57.1 Å². The molecular formula is C21H23N3OS. The molecule has 1 N–H and O–H groups in total. The first-order valence-corrected chi connectivity index (χ1v) is 9.98. The van der Waals surface area contributed by atoms with Crippen LogP contribution in [0, 0.1) is 0 Å². The highest BCUT2D eigenvalue weighted by molar-refractivity contribution is 7.18. The van der Waals surface area contributed by atoms with Crippen LogP contribution in [0.3, 0.4) is 0 Å². The Hall–Kier alpha value is -2.24. The predicted octanol–water partition coefficient (Wildman–Crippen LogP) is 4.50. The first-order valence-electron chi connectivity index (χ1n) is 9.16. The number of piperidine rings is 1. The number of anilines is 1. The van der Waals surface area contributed by atoms with Gasteiger partial charge in [-0.3, -0.25) is 9.69 Å². The van der Waals surface area contributed by atoms with Crippen molar-refractivity contribution in [1.29, 1.82) is 0 Å². The van der Waals surface area contributed by atoms with E-state index in [1.165, 1.54) is 9.71 Å². The fraction of sp³-hybridized carbons (Fsp3) is 0.333. The first-order chi connectivity index (χ1) is 12.7. The van der Waals surface area contributed by atoms with Crippen LogP contribution in [0.5, 0.6) is 0 Å². The minimum absolute atomic E-state index is 0.0645. The molecule has 0 radical (unpaired) electrons. The number of carbonyl (C=O) groups is 1. The molecule has 4 nitrogen and oxygen atoms in total. The molecule has 4 rings (SSSR count). The maximum absolute atomic E-state index is 12.5. The van der Waals surface area contributed by atoms with Crippen molar-refractivity contribution >= 4 is 33.1 Å². The molecule has 1 aromatic heterocycles. The summed E-state index contributed by atoms with van der Waals surface area (Å²) in [4.78, 5) is 19.6. The maximum atomic E-state index is 12.5. The smallest absolute Gasteiger partial charge is 0.241 e. The fourth-order valence-electron chi connectivity index (χ4n) is 3.53. The van der Waals surface area contributed by atoms with Gasteiger partial charge in [0.25, 0.3) is 0 Å². The Kier molecular flexibility index (Phi) is 5.00. The second-order valence-corrected chi connectivity index (χ2v) is 7.92. The van der Waals surface area contributed by atoms with Crippen molar-refractivity contribution in [3.8, 4) is 0 Å². The Balaban J connectivity index is 1.36. The summed E-state index contributed by atoms with van der Waals surface area (Å²) in [5, 5.41) is 4.25. The summed E-state index contributed by atoms with van der Waals surface area (Å²) in [7, 11) is 0. The third-order valence-electron chi connectivity index (χ3n) is 5.16. The van der Waals surface area contributed by atoms with E-state index in [1.54, 1.807) is 0 Å². The molecule has 5 heteroatoms. The molecule has 0 spiro atoms. The van der Waals surface area contributed by atoms with Crippen LogP contribution in [0.1, 0.15) is 30.7 Å². The van der Waals surface area contributed by atoms with Gasteiger partial charge in [-0.15, -0.1) is 11.3 Å². The second kappa shape index (κ2) is 7.56. The Labute approximate surface area is 157 Å². The number of carbonyl (C=O) groups excluding carboxylic acids is 1. The van der Waals surface area contributed by atoms with Crippen molar-refractivity contribution in [3.05, 3.63) is 59.6 Å². The molecule has 1 unspecified atom stereocenters. The van der Waals surface area contributed by atoms with Crippen LogP contribution in [0.25, 0.3) is 10.2 Å². The average Bonchev–Trinajstić information content (AvgIpc) is 3.12. The number of benzene rings is 2. The lowest BCUT2D eigenvalue weighted by Gasteiger charge is -2.34. The van der Waals surface area contributed by atoms with Gasteiger partial charge in [0, 0.05) is 11.6 Å². The Bertz CT molecular complexity index is 851. The van der Waals surface area contributed by atoms with Gasteiger partial charge >= 0.3 is 0 Å². The lowest BCUT2D eigenvalue weighted by molar-refractivity contribution is -0.121. The number of aromatic nitrogens is 1. The lowest BCUT2D eigenvalue weighted by Crippen LogP contribution is -2.45. The van der Waals surface area contributed by atoms with E-state index in [0.29, 0.717) is 5.92 Å². The molecule has 1 aliphatic rings. The Morgan fingerprint density at radius 1 is 1.12 bits per heavy atom. The zero-order valence-electron chi connectivity index (χ0n) is 14.9. The number of hydrogen-bond donors (Lipinski definition) is 1. The van der Waals surface area contributed by atoms with E-state index in [2.05, 4.69) is 28.4 Å². The third kappa shape index (κ3) is 3.64. The zero-order chi connectivity index (χ0) is 17.9. The van der Waals surface area contributed by atoms with Crippen LogP contribution in [0.4, 0.5) is 5.69 Å². The molecule has 1 amide bonds. The monoisotopic (exact) mass is 365 g/mol. The number of nitrogens with zero attached hydrogens (tertiary/aromatic N) is 2. The van der Waals surface area contributed by atoms with Gasteiger partial charge in [-0.1, -0.05) is 30.3 Å². The van der Waals surface area contributed by atoms with E-state index in [1.807, 2.05) is 54.7 Å². The fourth-order valence-corrected chi connectivity index (χ4v) is 4.67. The van der Waals surface area contributed by atoms with Crippen molar-refractivity contribution in [2.45, 2.75) is 31.7 Å². The number of amides is 1. The predicted molar refractivity (Wildman–Crippen MR) is 108 cm³/mol. The first kappa shape index (κ1) is 17.2. The van der Waals surface area contributed by atoms with Gasteiger partial charge in [0.15, 0.2) is 0 Å². The molecule has 134 valence electrons. The van der Waals surface area contributed by atoms with Gasteiger partial charge < -0.3 is 5.32 Å². The van der Waals surface area contributed by atoms with Crippen LogP contribution in [0.15, 0.2) is 54.6 Å². The summed E-state index contributed by atoms with van der Waals surface area (Å²) >= 11 is 1.81. The van der Waals surface area contributed by atoms with E-state index < -0.39 is 0 Å². The average molecular weight is 366 g/mol. The quantitative estimate of drug-likeness (QED) is 0.740. The second-order valence-electron chi connectivity index (χ2n) is 6.86. The van der Waals surface area contributed by atoms with Gasteiger partial charge in [0.05, 0.1) is 21.3 Å². The molecule has 2 heterocycles. The van der Waals surface area contributed by atoms with Crippen LogP contribution < -0.4 is 5.32 Å². The van der Waals surface area contributed by atoms with Crippen molar-refractivity contribution in [2.75, 3.05) is 18.4 Å². The number of thiazole rings is 1. The van der Waals surface area contributed by atoms with Crippen LogP contribution in [0.2, 0.25) is 0 Å². The summed E-state index contributed by atoms with van der Waals surface area (Å²) in [5.74, 6) is 0.572. The van der Waals surface area contributed by atoms with Crippen molar-refractivity contribution in [3.63, 3.8) is 0 Å². The van der Waals surface area contributed by atoms with Gasteiger partial charge in [-0.25, -0.2) is 4.98 Å². The van der Waals surface area contributed by atoms with E-state index >= 15 is 0 Å². The molecule has 1 fully saturated rings. The van der Waals surface area contributed by atoms with Crippen molar-refractivity contribution < 1.29 is 4.79 Å². The highest BCUT2D eigenvalue weighted by Gasteiger charge is 2.28. The summed E-state index contributed by atoms with van der Waals surface area (Å²) < 4.78 is 1.26. The molecule has 1 atom stereocenters. The molecule has 0 bridgehead atoms. The number of nitrogens with one attached hydrogen (secondary N) is 1. The summed E-state index contributed by atoms with van der Waals surface area (Å²) in [6.45, 7) is 3.87. The van der Waals surface area contributed by atoms with Crippen LogP contribution in [-0.2, 0) is 4.79 Å². The van der Waals surface area contributed by atoms with Crippen molar-refractivity contribution in [1.82, 2.24) is 9.88 Å².